The van der Waals surface area contributed by atoms with Crippen molar-refractivity contribution in [3.05, 3.63) is 28.8 Å². The number of methoxy groups -OCH3 is 1. The molecule has 0 aromatic heterocycles. The molecule has 0 fully saturated rings. The second-order valence-electron chi connectivity index (χ2n) is 3.87. The molecule has 102 valence electrons. The summed E-state index contributed by atoms with van der Waals surface area (Å²) in [5.41, 5.74) is 5.09. The number of amides is 1. The molecular formula is C11H14BNO6. The maximum Gasteiger partial charge on any atom is 0.451 e. The molecule has 8 heteroatoms. The Hall–Kier alpha value is -2.06. The molecule has 0 saturated heterocycles. The third-order valence-corrected chi connectivity index (χ3v) is 2.59. The fourth-order valence-corrected chi connectivity index (χ4v) is 1.76. The Morgan fingerprint density at radius 2 is 2.00 bits per heavy atom. The van der Waals surface area contributed by atoms with Crippen molar-refractivity contribution in [3.63, 3.8) is 0 Å². The first-order chi connectivity index (χ1) is 8.88. The topological polar surface area (TPSA) is 130 Å². The van der Waals surface area contributed by atoms with E-state index >= 15 is 0 Å². The third kappa shape index (κ3) is 3.46. The molecule has 1 amide bonds. The number of carbonyl (C=O) groups is 2. The molecule has 5 N–H and O–H groups in total. The average Bonchev–Trinajstić information content (AvgIpc) is 2.34. The molecule has 0 aliphatic heterocycles. The van der Waals surface area contributed by atoms with Crippen LogP contribution in [-0.2, 0) is 6.42 Å². The average molecular weight is 267 g/mol. The standard InChI is InChI=1S/C11H14BNO6/c1-19-9-6(4-5-12(17)18)2-3-7(10(13)14)8(9)11(15)16/h2-3,17-18H,4-5H2,1H3,(H2,13,14)(H,15,16). The quantitative estimate of drug-likeness (QED) is 0.514. The summed E-state index contributed by atoms with van der Waals surface area (Å²) in [5, 5.41) is 26.8. The predicted octanol–water partition coefficient (Wildman–Crippen LogP) is -0.492. The summed E-state index contributed by atoms with van der Waals surface area (Å²) in [5.74, 6) is -2.20. The van der Waals surface area contributed by atoms with Crippen LogP contribution in [0.1, 0.15) is 26.3 Å². The number of aromatic carboxylic acids is 1. The lowest BCUT2D eigenvalue weighted by atomic mass is 9.82. The van der Waals surface area contributed by atoms with Crippen molar-refractivity contribution in [1.29, 1.82) is 0 Å². The van der Waals surface area contributed by atoms with Gasteiger partial charge < -0.3 is 25.6 Å². The van der Waals surface area contributed by atoms with E-state index in [2.05, 4.69) is 0 Å². The summed E-state index contributed by atoms with van der Waals surface area (Å²) in [6, 6.07) is 2.77. The van der Waals surface area contributed by atoms with Crippen LogP contribution in [0.25, 0.3) is 0 Å². The Kier molecular flexibility index (Phi) is 4.90. The van der Waals surface area contributed by atoms with Gasteiger partial charge >= 0.3 is 13.1 Å². The molecule has 0 heterocycles. The monoisotopic (exact) mass is 267 g/mol. The van der Waals surface area contributed by atoms with E-state index in [1.165, 1.54) is 19.2 Å². The first-order valence-corrected chi connectivity index (χ1v) is 5.47. The van der Waals surface area contributed by atoms with Crippen molar-refractivity contribution in [2.45, 2.75) is 12.7 Å². The zero-order valence-corrected chi connectivity index (χ0v) is 10.3. The Balaban J connectivity index is 3.32. The summed E-state index contributed by atoms with van der Waals surface area (Å²) in [6.07, 6.45) is 0.214. The van der Waals surface area contributed by atoms with Gasteiger partial charge in [0.2, 0.25) is 5.91 Å². The van der Waals surface area contributed by atoms with Crippen LogP contribution in [-0.4, -0.2) is 41.3 Å². The highest BCUT2D eigenvalue weighted by Gasteiger charge is 2.23. The molecule has 1 aromatic carbocycles. The van der Waals surface area contributed by atoms with E-state index in [1.807, 2.05) is 0 Å². The van der Waals surface area contributed by atoms with E-state index in [4.69, 9.17) is 25.6 Å². The van der Waals surface area contributed by atoms with Crippen LogP contribution in [0, 0.1) is 0 Å². The van der Waals surface area contributed by atoms with Crippen LogP contribution >= 0.6 is 0 Å². The van der Waals surface area contributed by atoms with Crippen LogP contribution < -0.4 is 10.5 Å². The molecule has 0 spiro atoms. The van der Waals surface area contributed by atoms with Crippen molar-refractivity contribution in [1.82, 2.24) is 0 Å². The zero-order chi connectivity index (χ0) is 14.6. The van der Waals surface area contributed by atoms with Gasteiger partial charge in [-0.15, -0.1) is 0 Å². The fourth-order valence-electron chi connectivity index (χ4n) is 1.76. The van der Waals surface area contributed by atoms with E-state index in [0.717, 1.165) is 0 Å². The maximum absolute atomic E-state index is 11.2. The highest BCUT2D eigenvalue weighted by atomic mass is 16.5. The molecule has 0 saturated carbocycles. The second kappa shape index (κ2) is 6.21. The number of rotatable bonds is 6. The van der Waals surface area contributed by atoms with Gasteiger partial charge in [-0.1, -0.05) is 6.07 Å². The lowest BCUT2D eigenvalue weighted by Gasteiger charge is -2.13. The van der Waals surface area contributed by atoms with Gasteiger partial charge in [0.1, 0.15) is 11.3 Å². The largest absolute Gasteiger partial charge is 0.496 e. The van der Waals surface area contributed by atoms with Gasteiger partial charge in [0.05, 0.1) is 12.7 Å². The number of hydrogen-bond donors (Lipinski definition) is 4. The summed E-state index contributed by atoms with van der Waals surface area (Å²) in [7, 11) is -0.236. The lowest BCUT2D eigenvalue weighted by Crippen LogP contribution is -2.18. The SMILES string of the molecule is COc1c(CCB(O)O)ccc(C(N)=O)c1C(=O)O. The number of hydrogen-bond acceptors (Lipinski definition) is 5. The fraction of sp³-hybridized carbons (Fsp3) is 0.273. The normalized spacial score (nSPS) is 10.1. The third-order valence-electron chi connectivity index (χ3n) is 2.59. The number of carboxylic acid groups (broad SMARTS) is 1. The van der Waals surface area contributed by atoms with Crippen molar-refractivity contribution < 1.29 is 29.5 Å². The van der Waals surface area contributed by atoms with Crippen LogP contribution in [0.3, 0.4) is 0 Å². The minimum atomic E-state index is -1.51. The molecule has 0 atom stereocenters. The molecular weight excluding hydrogens is 253 g/mol. The van der Waals surface area contributed by atoms with Crippen molar-refractivity contribution in [2.24, 2.45) is 5.73 Å². The number of ether oxygens (including phenoxy) is 1. The first kappa shape index (κ1) is 15.0. The van der Waals surface area contributed by atoms with Gasteiger partial charge in [-0.25, -0.2) is 4.79 Å². The molecule has 0 aliphatic carbocycles. The van der Waals surface area contributed by atoms with Gasteiger partial charge in [-0.2, -0.15) is 0 Å². The van der Waals surface area contributed by atoms with Gasteiger partial charge in [-0.3, -0.25) is 4.79 Å². The van der Waals surface area contributed by atoms with Crippen molar-refractivity contribution in [2.75, 3.05) is 7.11 Å². The number of nitrogens with two attached hydrogens (primary N) is 1. The molecule has 0 radical (unpaired) electrons. The van der Waals surface area contributed by atoms with Gasteiger partial charge in [0.15, 0.2) is 0 Å². The smallest absolute Gasteiger partial charge is 0.451 e. The molecule has 7 nitrogen and oxygen atoms in total. The summed E-state index contributed by atoms with van der Waals surface area (Å²) >= 11 is 0. The summed E-state index contributed by atoms with van der Waals surface area (Å²) < 4.78 is 5.01. The molecule has 0 aliphatic rings. The van der Waals surface area contributed by atoms with Crippen LogP contribution in [0.15, 0.2) is 12.1 Å². The molecule has 1 aromatic rings. The highest BCUT2D eigenvalue weighted by Crippen LogP contribution is 2.28. The zero-order valence-electron chi connectivity index (χ0n) is 10.3. The first-order valence-electron chi connectivity index (χ1n) is 5.47. The second-order valence-corrected chi connectivity index (χ2v) is 3.87. The highest BCUT2D eigenvalue weighted by molar-refractivity contribution is 6.41. The number of carbonyl (C=O) groups excluding carboxylic acids is 1. The molecule has 1 rings (SSSR count). The number of aryl methyl sites for hydroxylation is 1. The molecule has 0 unspecified atom stereocenters. The van der Waals surface area contributed by atoms with Gasteiger partial charge in [-0.05, 0) is 24.4 Å². The van der Waals surface area contributed by atoms with Gasteiger partial charge in [0.25, 0.3) is 0 Å². The minimum Gasteiger partial charge on any atom is -0.496 e. The molecule has 0 bridgehead atoms. The van der Waals surface area contributed by atoms with Crippen LogP contribution in [0.2, 0.25) is 6.32 Å². The van der Waals surface area contributed by atoms with Crippen molar-refractivity contribution >= 4 is 19.0 Å². The van der Waals surface area contributed by atoms with Gasteiger partial charge in [0, 0.05) is 0 Å². The Labute approximate surface area is 109 Å². The van der Waals surface area contributed by atoms with Crippen molar-refractivity contribution in [3.8, 4) is 5.75 Å². The van der Waals surface area contributed by atoms with E-state index in [9.17, 15) is 9.59 Å². The Morgan fingerprint density at radius 3 is 2.42 bits per heavy atom. The number of carboxylic acids is 1. The van der Waals surface area contributed by atoms with E-state index in [0.29, 0.717) is 5.56 Å². The Bertz CT molecular complexity index is 502. The maximum atomic E-state index is 11.2. The summed E-state index contributed by atoms with van der Waals surface area (Å²) in [6.45, 7) is 0. The van der Waals surface area contributed by atoms with E-state index in [-0.39, 0.29) is 29.6 Å². The predicted molar refractivity (Wildman–Crippen MR) is 67.2 cm³/mol. The lowest BCUT2D eigenvalue weighted by molar-refractivity contribution is 0.0688. The van der Waals surface area contributed by atoms with Crippen LogP contribution in [0.5, 0.6) is 5.75 Å². The van der Waals surface area contributed by atoms with E-state index < -0.39 is 19.0 Å². The van der Waals surface area contributed by atoms with Crippen LogP contribution in [0.4, 0.5) is 0 Å². The number of benzene rings is 1. The van der Waals surface area contributed by atoms with E-state index in [1.54, 1.807) is 0 Å². The Morgan fingerprint density at radius 1 is 1.37 bits per heavy atom. The summed E-state index contributed by atoms with van der Waals surface area (Å²) in [4.78, 5) is 22.4. The number of primary amides is 1. The molecule has 19 heavy (non-hydrogen) atoms. The minimum absolute atomic E-state index is 0.00412.